The highest BCUT2D eigenvalue weighted by Gasteiger charge is 2.20. The monoisotopic (exact) mass is 281 g/mol. The number of rotatable bonds is 3. The minimum Gasteiger partial charge on any atom is -0.322 e. The molecule has 0 aliphatic carbocycles. The second-order valence-corrected chi connectivity index (χ2v) is 5.15. The zero-order valence-corrected chi connectivity index (χ0v) is 12.0. The summed E-state index contributed by atoms with van der Waals surface area (Å²) in [6.45, 7) is 6.73. The molecule has 104 valence electrons. The molecule has 0 aromatic heterocycles. The molecule has 19 heavy (non-hydrogen) atoms. The minimum atomic E-state index is -0.0655. The molecule has 1 aromatic carbocycles. The Bertz CT molecular complexity index is 430. The molecule has 1 fully saturated rings. The van der Waals surface area contributed by atoms with Crippen molar-refractivity contribution in [3.8, 4) is 0 Å². The second kappa shape index (κ2) is 6.78. The van der Waals surface area contributed by atoms with Crippen molar-refractivity contribution >= 4 is 23.3 Å². The Morgan fingerprint density at radius 1 is 1.26 bits per heavy atom. The Kier molecular flexibility index (Phi) is 5.05. The van der Waals surface area contributed by atoms with Crippen molar-refractivity contribution in [1.29, 1.82) is 0 Å². The maximum atomic E-state index is 12.1. The third kappa shape index (κ3) is 3.85. The van der Waals surface area contributed by atoms with Gasteiger partial charge in [0, 0.05) is 26.2 Å². The molecule has 1 saturated heterocycles. The molecular formula is C14H20ClN3O. The molecule has 5 heteroatoms. The molecule has 0 saturated carbocycles. The molecule has 2 amide bonds. The summed E-state index contributed by atoms with van der Waals surface area (Å²) >= 11 is 6.03. The average Bonchev–Trinajstić information content (AvgIpc) is 2.42. The van der Waals surface area contributed by atoms with Crippen molar-refractivity contribution in [3.05, 3.63) is 29.3 Å². The lowest BCUT2D eigenvalue weighted by molar-refractivity contribution is 0.147. The summed E-state index contributed by atoms with van der Waals surface area (Å²) in [7, 11) is 0. The summed E-state index contributed by atoms with van der Waals surface area (Å²) in [5.74, 6) is 0. The van der Waals surface area contributed by atoms with E-state index in [9.17, 15) is 4.79 Å². The Morgan fingerprint density at radius 3 is 2.58 bits per heavy atom. The minimum absolute atomic E-state index is 0.0655. The van der Waals surface area contributed by atoms with Crippen LogP contribution in [-0.4, -0.2) is 48.6 Å². The Labute approximate surface area is 119 Å². The van der Waals surface area contributed by atoms with Gasteiger partial charge < -0.3 is 10.2 Å². The summed E-state index contributed by atoms with van der Waals surface area (Å²) in [4.78, 5) is 16.4. The SMILES string of the molecule is CCCN1CCN(C(=O)Nc2ccccc2Cl)CC1. The van der Waals surface area contributed by atoms with Gasteiger partial charge in [-0.2, -0.15) is 0 Å². The number of nitrogens with zero attached hydrogens (tertiary/aromatic N) is 2. The number of amides is 2. The highest BCUT2D eigenvalue weighted by molar-refractivity contribution is 6.33. The highest BCUT2D eigenvalue weighted by atomic mass is 35.5. The van der Waals surface area contributed by atoms with Crippen LogP contribution in [0.1, 0.15) is 13.3 Å². The number of hydrogen-bond acceptors (Lipinski definition) is 2. The zero-order valence-electron chi connectivity index (χ0n) is 11.2. The van der Waals surface area contributed by atoms with E-state index in [1.54, 1.807) is 6.07 Å². The zero-order chi connectivity index (χ0) is 13.7. The fourth-order valence-corrected chi connectivity index (χ4v) is 2.43. The van der Waals surface area contributed by atoms with Crippen molar-refractivity contribution in [1.82, 2.24) is 9.80 Å². The van der Waals surface area contributed by atoms with E-state index in [2.05, 4.69) is 17.1 Å². The summed E-state index contributed by atoms with van der Waals surface area (Å²) in [5, 5.41) is 3.43. The third-order valence-electron chi connectivity index (χ3n) is 3.31. The average molecular weight is 282 g/mol. The number of carbonyl (C=O) groups is 1. The molecule has 1 N–H and O–H groups in total. The largest absolute Gasteiger partial charge is 0.322 e. The van der Waals surface area contributed by atoms with Crippen molar-refractivity contribution in [2.24, 2.45) is 0 Å². The van der Waals surface area contributed by atoms with Crippen LogP contribution in [0.25, 0.3) is 0 Å². The number of anilines is 1. The van der Waals surface area contributed by atoms with E-state index in [1.165, 1.54) is 0 Å². The first-order valence-corrected chi connectivity index (χ1v) is 7.11. The van der Waals surface area contributed by atoms with Gasteiger partial charge in [0.05, 0.1) is 10.7 Å². The van der Waals surface area contributed by atoms with Crippen molar-refractivity contribution in [2.45, 2.75) is 13.3 Å². The van der Waals surface area contributed by atoms with Gasteiger partial charge in [-0.15, -0.1) is 0 Å². The maximum absolute atomic E-state index is 12.1. The topological polar surface area (TPSA) is 35.6 Å². The normalized spacial score (nSPS) is 16.4. The molecule has 0 bridgehead atoms. The van der Waals surface area contributed by atoms with Crippen molar-refractivity contribution < 1.29 is 4.79 Å². The number of halogens is 1. The lowest BCUT2D eigenvalue weighted by Gasteiger charge is -2.34. The van der Waals surface area contributed by atoms with Gasteiger partial charge in [0.15, 0.2) is 0 Å². The van der Waals surface area contributed by atoms with Gasteiger partial charge in [-0.05, 0) is 25.1 Å². The van der Waals surface area contributed by atoms with Crippen LogP contribution in [0.4, 0.5) is 10.5 Å². The van der Waals surface area contributed by atoms with Gasteiger partial charge in [0.1, 0.15) is 0 Å². The van der Waals surface area contributed by atoms with Crippen LogP contribution in [0.15, 0.2) is 24.3 Å². The van der Waals surface area contributed by atoms with E-state index in [-0.39, 0.29) is 6.03 Å². The van der Waals surface area contributed by atoms with Crippen molar-refractivity contribution in [3.63, 3.8) is 0 Å². The third-order valence-corrected chi connectivity index (χ3v) is 3.64. The van der Waals surface area contributed by atoms with Crippen LogP contribution in [0.5, 0.6) is 0 Å². The summed E-state index contributed by atoms with van der Waals surface area (Å²) in [6.07, 6.45) is 1.16. The molecular weight excluding hydrogens is 262 g/mol. The fourth-order valence-electron chi connectivity index (χ4n) is 2.25. The molecule has 1 heterocycles. The predicted octanol–water partition coefficient (Wildman–Crippen LogP) is 2.90. The van der Waals surface area contributed by atoms with Gasteiger partial charge in [0.25, 0.3) is 0 Å². The number of carbonyl (C=O) groups excluding carboxylic acids is 1. The fraction of sp³-hybridized carbons (Fsp3) is 0.500. The Morgan fingerprint density at radius 2 is 1.95 bits per heavy atom. The van der Waals surface area contributed by atoms with Crippen LogP contribution in [0, 0.1) is 0 Å². The lowest BCUT2D eigenvalue weighted by atomic mass is 10.3. The van der Waals surface area contributed by atoms with Crippen LogP contribution < -0.4 is 5.32 Å². The summed E-state index contributed by atoms with van der Waals surface area (Å²) in [6, 6.07) is 7.23. The Balaban J connectivity index is 1.87. The van der Waals surface area contributed by atoms with Gasteiger partial charge in [-0.3, -0.25) is 4.90 Å². The van der Waals surface area contributed by atoms with Crippen LogP contribution >= 0.6 is 11.6 Å². The van der Waals surface area contributed by atoms with Gasteiger partial charge in [-0.25, -0.2) is 4.79 Å². The quantitative estimate of drug-likeness (QED) is 0.925. The maximum Gasteiger partial charge on any atom is 0.321 e. The van der Waals surface area contributed by atoms with Crippen LogP contribution in [0.3, 0.4) is 0 Å². The number of benzene rings is 1. The van der Waals surface area contributed by atoms with Crippen LogP contribution in [0.2, 0.25) is 5.02 Å². The summed E-state index contributed by atoms with van der Waals surface area (Å²) in [5.41, 5.74) is 0.671. The van der Waals surface area contributed by atoms with E-state index in [1.807, 2.05) is 23.1 Å². The van der Waals surface area contributed by atoms with E-state index < -0.39 is 0 Å². The lowest BCUT2D eigenvalue weighted by Crippen LogP contribution is -2.50. The number of piperazine rings is 1. The molecule has 4 nitrogen and oxygen atoms in total. The van der Waals surface area contributed by atoms with E-state index >= 15 is 0 Å². The predicted molar refractivity (Wildman–Crippen MR) is 78.8 cm³/mol. The first-order chi connectivity index (χ1) is 9.20. The molecule has 1 aliphatic heterocycles. The first-order valence-electron chi connectivity index (χ1n) is 6.73. The van der Waals surface area contributed by atoms with Gasteiger partial charge in [0.2, 0.25) is 0 Å². The molecule has 0 atom stereocenters. The van der Waals surface area contributed by atoms with E-state index in [0.717, 1.165) is 39.1 Å². The molecule has 1 aromatic rings. The number of urea groups is 1. The van der Waals surface area contributed by atoms with Crippen LogP contribution in [-0.2, 0) is 0 Å². The number of nitrogens with one attached hydrogen (secondary N) is 1. The summed E-state index contributed by atoms with van der Waals surface area (Å²) < 4.78 is 0. The second-order valence-electron chi connectivity index (χ2n) is 4.74. The molecule has 0 spiro atoms. The molecule has 2 rings (SSSR count). The van der Waals surface area contributed by atoms with E-state index in [0.29, 0.717) is 10.7 Å². The smallest absolute Gasteiger partial charge is 0.321 e. The first kappa shape index (κ1) is 14.2. The standard InChI is InChI=1S/C14H20ClN3O/c1-2-7-17-8-10-18(11-9-17)14(19)16-13-6-4-3-5-12(13)15/h3-6H,2,7-11H2,1H3,(H,16,19). The van der Waals surface area contributed by atoms with Gasteiger partial charge in [-0.1, -0.05) is 30.7 Å². The number of hydrogen-bond donors (Lipinski definition) is 1. The molecule has 0 radical (unpaired) electrons. The molecule has 0 unspecified atom stereocenters. The number of para-hydroxylation sites is 1. The van der Waals surface area contributed by atoms with Crippen molar-refractivity contribution in [2.75, 3.05) is 38.0 Å². The Hall–Kier alpha value is -1.26. The van der Waals surface area contributed by atoms with E-state index in [4.69, 9.17) is 11.6 Å². The highest BCUT2D eigenvalue weighted by Crippen LogP contribution is 2.21. The van der Waals surface area contributed by atoms with Gasteiger partial charge >= 0.3 is 6.03 Å². The molecule has 1 aliphatic rings.